The van der Waals surface area contributed by atoms with Gasteiger partial charge in [0.1, 0.15) is 19.0 Å². The first-order valence-electron chi connectivity index (χ1n) is 10.7. The molecule has 0 bridgehead atoms. The number of nitrogens with zero attached hydrogens (tertiary/aromatic N) is 1. The molecule has 1 N–H and O–H groups in total. The molecular formula is C26H20ClFN2O5S. The molecule has 1 aliphatic rings. The predicted octanol–water partition coefficient (Wildman–Crippen LogP) is 5.74. The standard InChI is InChI=1S/C26H20ClFN2O5S/c1-34-22-12-16(10-11-21(22)35-15-17-6-2-3-7-18(17)27)13-23-25(32)30(26(33)36-23)14-24(31)29-20-9-5-4-8-19(20)28/h2-13H,14-15H2,1H3,(H,29,31)/b23-13-. The van der Waals surface area contributed by atoms with Crippen LogP contribution in [0.3, 0.4) is 0 Å². The maximum Gasteiger partial charge on any atom is 0.294 e. The Morgan fingerprint density at radius 2 is 1.83 bits per heavy atom. The largest absolute Gasteiger partial charge is 0.493 e. The van der Waals surface area contributed by atoms with E-state index in [1.54, 1.807) is 30.3 Å². The number of anilines is 1. The Hall–Kier alpha value is -3.82. The number of imide groups is 1. The predicted molar refractivity (Wildman–Crippen MR) is 136 cm³/mol. The first-order chi connectivity index (χ1) is 17.4. The van der Waals surface area contributed by atoms with E-state index in [0.29, 0.717) is 33.8 Å². The summed E-state index contributed by atoms with van der Waals surface area (Å²) in [6.45, 7) is -0.294. The minimum absolute atomic E-state index is 0.0334. The van der Waals surface area contributed by atoms with Crippen LogP contribution in [-0.4, -0.2) is 35.6 Å². The topological polar surface area (TPSA) is 84.9 Å². The van der Waals surface area contributed by atoms with Gasteiger partial charge in [-0.2, -0.15) is 0 Å². The second-order valence-corrected chi connectivity index (χ2v) is 8.99. The minimum atomic E-state index is -0.689. The Bertz CT molecular complexity index is 1360. The zero-order chi connectivity index (χ0) is 25.7. The minimum Gasteiger partial charge on any atom is -0.493 e. The van der Waals surface area contributed by atoms with E-state index in [2.05, 4.69) is 5.32 Å². The van der Waals surface area contributed by atoms with Gasteiger partial charge in [0.15, 0.2) is 11.5 Å². The van der Waals surface area contributed by atoms with Crippen molar-refractivity contribution in [1.29, 1.82) is 0 Å². The number of methoxy groups -OCH3 is 1. The van der Waals surface area contributed by atoms with Crippen LogP contribution in [0.15, 0.2) is 71.6 Å². The molecule has 0 aliphatic carbocycles. The zero-order valence-corrected chi connectivity index (χ0v) is 20.6. The number of halogens is 2. The van der Waals surface area contributed by atoms with Crippen molar-refractivity contribution in [3.05, 3.63) is 93.6 Å². The molecule has 0 atom stereocenters. The zero-order valence-electron chi connectivity index (χ0n) is 19.0. The van der Waals surface area contributed by atoms with Crippen molar-refractivity contribution < 1.29 is 28.2 Å². The second-order valence-electron chi connectivity index (χ2n) is 7.59. The number of ether oxygens (including phenoxy) is 2. The molecular weight excluding hydrogens is 507 g/mol. The Morgan fingerprint density at radius 1 is 1.08 bits per heavy atom. The van der Waals surface area contributed by atoms with Crippen molar-refractivity contribution in [3.63, 3.8) is 0 Å². The summed E-state index contributed by atoms with van der Waals surface area (Å²) in [5.41, 5.74) is 1.38. The van der Waals surface area contributed by atoms with Crippen molar-refractivity contribution in [2.45, 2.75) is 6.61 Å². The molecule has 1 aliphatic heterocycles. The number of hydrogen-bond donors (Lipinski definition) is 1. The number of thioether (sulfide) groups is 1. The molecule has 36 heavy (non-hydrogen) atoms. The monoisotopic (exact) mass is 526 g/mol. The van der Waals surface area contributed by atoms with Crippen LogP contribution in [0.1, 0.15) is 11.1 Å². The number of carbonyl (C=O) groups is 3. The number of nitrogens with one attached hydrogen (secondary N) is 1. The van der Waals surface area contributed by atoms with Gasteiger partial charge in [0.05, 0.1) is 17.7 Å². The number of amides is 3. The fraction of sp³-hybridized carbons (Fsp3) is 0.115. The molecule has 1 saturated heterocycles. The van der Waals surface area contributed by atoms with Crippen LogP contribution in [0.25, 0.3) is 6.08 Å². The highest BCUT2D eigenvalue weighted by molar-refractivity contribution is 8.18. The van der Waals surface area contributed by atoms with Gasteiger partial charge >= 0.3 is 0 Å². The quantitative estimate of drug-likeness (QED) is 0.377. The third-order valence-electron chi connectivity index (χ3n) is 5.15. The average Bonchev–Trinajstić information content (AvgIpc) is 3.12. The maximum absolute atomic E-state index is 13.8. The molecule has 0 spiro atoms. The maximum atomic E-state index is 13.8. The Labute approximate surface area is 215 Å². The first kappa shape index (κ1) is 25.3. The van der Waals surface area contributed by atoms with E-state index in [-0.39, 0.29) is 17.2 Å². The first-order valence-corrected chi connectivity index (χ1v) is 11.9. The highest BCUT2D eigenvalue weighted by atomic mass is 35.5. The van der Waals surface area contributed by atoms with Crippen LogP contribution in [0, 0.1) is 5.82 Å². The lowest BCUT2D eigenvalue weighted by Crippen LogP contribution is -2.36. The lowest BCUT2D eigenvalue weighted by Gasteiger charge is -2.13. The highest BCUT2D eigenvalue weighted by Crippen LogP contribution is 2.35. The molecule has 3 amide bonds. The van der Waals surface area contributed by atoms with E-state index < -0.39 is 29.4 Å². The van der Waals surface area contributed by atoms with Gasteiger partial charge in [0.25, 0.3) is 11.1 Å². The van der Waals surface area contributed by atoms with Crippen LogP contribution in [0.5, 0.6) is 11.5 Å². The molecule has 0 aromatic heterocycles. The fourth-order valence-electron chi connectivity index (χ4n) is 3.35. The Morgan fingerprint density at radius 3 is 2.58 bits per heavy atom. The number of hydrogen-bond acceptors (Lipinski definition) is 6. The summed E-state index contributed by atoms with van der Waals surface area (Å²) in [7, 11) is 1.49. The molecule has 10 heteroatoms. The van der Waals surface area contributed by atoms with Crippen LogP contribution in [-0.2, 0) is 16.2 Å². The van der Waals surface area contributed by atoms with E-state index in [0.717, 1.165) is 10.5 Å². The van der Waals surface area contributed by atoms with Crippen LogP contribution < -0.4 is 14.8 Å². The lowest BCUT2D eigenvalue weighted by atomic mass is 10.1. The van der Waals surface area contributed by atoms with Crippen molar-refractivity contribution in [1.82, 2.24) is 4.90 Å². The summed E-state index contributed by atoms with van der Waals surface area (Å²) in [6, 6.07) is 18.0. The Balaban J connectivity index is 1.44. The molecule has 0 saturated carbocycles. The van der Waals surface area contributed by atoms with Crippen molar-refractivity contribution in [2.24, 2.45) is 0 Å². The van der Waals surface area contributed by atoms with Crippen LogP contribution in [0.2, 0.25) is 5.02 Å². The fourth-order valence-corrected chi connectivity index (χ4v) is 4.38. The molecule has 1 heterocycles. The third kappa shape index (κ3) is 5.87. The summed E-state index contributed by atoms with van der Waals surface area (Å²) in [6.07, 6.45) is 1.53. The van der Waals surface area contributed by atoms with Gasteiger partial charge in [-0.3, -0.25) is 19.3 Å². The molecule has 0 radical (unpaired) electrons. The van der Waals surface area contributed by atoms with Gasteiger partial charge in [0, 0.05) is 10.6 Å². The molecule has 184 valence electrons. The second kappa shape index (κ2) is 11.3. The molecule has 0 unspecified atom stereocenters. The summed E-state index contributed by atoms with van der Waals surface area (Å²) in [5.74, 6) is -1.02. The van der Waals surface area contributed by atoms with Crippen molar-refractivity contribution in [3.8, 4) is 11.5 Å². The number of benzene rings is 3. The Kier molecular flexibility index (Phi) is 7.92. The number of para-hydroxylation sites is 1. The van der Waals surface area contributed by atoms with E-state index in [1.165, 1.54) is 31.4 Å². The molecule has 4 rings (SSSR count). The van der Waals surface area contributed by atoms with E-state index in [4.69, 9.17) is 21.1 Å². The molecule has 3 aromatic rings. The van der Waals surface area contributed by atoms with E-state index in [1.807, 2.05) is 18.2 Å². The van der Waals surface area contributed by atoms with Crippen LogP contribution in [0.4, 0.5) is 14.9 Å². The van der Waals surface area contributed by atoms with Gasteiger partial charge in [-0.1, -0.05) is 48.0 Å². The molecule has 7 nitrogen and oxygen atoms in total. The third-order valence-corrected chi connectivity index (χ3v) is 6.43. The van der Waals surface area contributed by atoms with Gasteiger partial charge in [0.2, 0.25) is 5.91 Å². The van der Waals surface area contributed by atoms with Gasteiger partial charge in [-0.15, -0.1) is 0 Å². The lowest BCUT2D eigenvalue weighted by molar-refractivity contribution is -0.127. The SMILES string of the molecule is COc1cc(/C=C2\SC(=O)N(CC(=O)Nc3ccccc3F)C2=O)ccc1OCc1ccccc1Cl. The van der Waals surface area contributed by atoms with Gasteiger partial charge in [-0.25, -0.2) is 4.39 Å². The van der Waals surface area contributed by atoms with Crippen molar-refractivity contribution >= 4 is 52.2 Å². The summed E-state index contributed by atoms with van der Waals surface area (Å²) in [4.78, 5) is 38.4. The van der Waals surface area contributed by atoms with Gasteiger partial charge < -0.3 is 14.8 Å². The van der Waals surface area contributed by atoms with Crippen molar-refractivity contribution in [2.75, 3.05) is 19.0 Å². The van der Waals surface area contributed by atoms with E-state index in [9.17, 15) is 18.8 Å². The van der Waals surface area contributed by atoms with Crippen LogP contribution >= 0.6 is 23.4 Å². The smallest absolute Gasteiger partial charge is 0.294 e. The van der Waals surface area contributed by atoms with Gasteiger partial charge in [-0.05, 0) is 53.7 Å². The summed E-state index contributed by atoms with van der Waals surface area (Å²) in [5, 5.41) is 2.36. The average molecular weight is 527 g/mol. The number of carbonyl (C=O) groups excluding carboxylic acids is 3. The number of rotatable bonds is 8. The highest BCUT2D eigenvalue weighted by Gasteiger charge is 2.36. The summed E-state index contributed by atoms with van der Waals surface area (Å²) >= 11 is 6.89. The molecule has 1 fully saturated rings. The molecule has 3 aromatic carbocycles. The summed E-state index contributed by atoms with van der Waals surface area (Å²) < 4.78 is 25.0. The normalized spacial score (nSPS) is 14.3. The van der Waals surface area contributed by atoms with E-state index >= 15 is 0 Å².